The molecule has 1 unspecified atom stereocenters. The van der Waals surface area contributed by atoms with Gasteiger partial charge < -0.3 is 15.0 Å². The highest BCUT2D eigenvalue weighted by Crippen LogP contribution is 2.21. The standard InChI is InChI=1S/C15H22N2O2/c1-4-16-14(10-17-7-8-19-15(17)18)13-9-11(2)5-6-12(13)3/h5-6,9,14,16H,4,7-8,10H2,1-3H3. The van der Waals surface area contributed by atoms with Crippen LogP contribution in [0, 0.1) is 13.8 Å². The van der Waals surface area contributed by atoms with E-state index < -0.39 is 0 Å². The molecule has 1 aliphatic heterocycles. The molecule has 1 atom stereocenters. The summed E-state index contributed by atoms with van der Waals surface area (Å²) in [6.07, 6.45) is -0.201. The van der Waals surface area contributed by atoms with Gasteiger partial charge in [0, 0.05) is 6.54 Å². The maximum absolute atomic E-state index is 11.6. The van der Waals surface area contributed by atoms with E-state index >= 15 is 0 Å². The molecule has 0 bridgehead atoms. The van der Waals surface area contributed by atoms with Crippen molar-refractivity contribution >= 4 is 6.09 Å². The molecule has 104 valence electrons. The summed E-state index contributed by atoms with van der Waals surface area (Å²) in [5, 5.41) is 3.46. The highest BCUT2D eigenvalue weighted by Gasteiger charge is 2.26. The van der Waals surface area contributed by atoms with Gasteiger partial charge in [0.15, 0.2) is 0 Å². The van der Waals surface area contributed by atoms with Crippen LogP contribution in [0.4, 0.5) is 4.79 Å². The van der Waals surface area contributed by atoms with Gasteiger partial charge in [-0.3, -0.25) is 0 Å². The SMILES string of the molecule is CCNC(CN1CCOC1=O)c1cc(C)ccc1C. The summed E-state index contributed by atoms with van der Waals surface area (Å²) in [7, 11) is 0. The Morgan fingerprint density at radius 1 is 1.42 bits per heavy atom. The third-order valence-electron chi connectivity index (χ3n) is 3.51. The predicted molar refractivity (Wildman–Crippen MR) is 75.3 cm³/mol. The second-order valence-electron chi connectivity index (χ2n) is 5.03. The molecule has 2 rings (SSSR count). The summed E-state index contributed by atoms with van der Waals surface area (Å²) < 4.78 is 4.99. The zero-order valence-corrected chi connectivity index (χ0v) is 11.9. The lowest BCUT2D eigenvalue weighted by molar-refractivity contribution is 0.156. The zero-order chi connectivity index (χ0) is 13.8. The Kier molecular flexibility index (Phi) is 4.43. The molecule has 1 aliphatic rings. The van der Waals surface area contributed by atoms with Gasteiger partial charge in [0.05, 0.1) is 12.6 Å². The molecule has 0 spiro atoms. The van der Waals surface area contributed by atoms with Gasteiger partial charge in [-0.2, -0.15) is 0 Å². The van der Waals surface area contributed by atoms with Crippen molar-refractivity contribution in [3.8, 4) is 0 Å². The Balaban J connectivity index is 2.19. The Hall–Kier alpha value is -1.55. The lowest BCUT2D eigenvalue weighted by atomic mass is 9.98. The number of nitrogens with zero attached hydrogens (tertiary/aromatic N) is 1. The maximum atomic E-state index is 11.6. The zero-order valence-electron chi connectivity index (χ0n) is 11.9. The molecule has 19 heavy (non-hydrogen) atoms. The largest absolute Gasteiger partial charge is 0.448 e. The van der Waals surface area contributed by atoms with E-state index in [1.165, 1.54) is 16.7 Å². The molecule has 1 heterocycles. The first-order valence-electron chi connectivity index (χ1n) is 6.84. The third-order valence-corrected chi connectivity index (χ3v) is 3.51. The van der Waals surface area contributed by atoms with E-state index in [-0.39, 0.29) is 12.1 Å². The summed E-state index contributed by atoms with van der Waals surface area (Å²) in [5.41, 5.74) is 3.76. The van der Waals surface area contributed by atoms with Crippen molar-refractivity contribution in [2.45, 2.75) is 26.8 Å². The highest BCUT2D eigenvalue weighted by atomic mass is 16.6. The number of aryl methyl sites for hydroxylation is 2. The molecular weight excluding hydrogens is 240 g/mol. The van der Waals surface area contributed by atoms with Crippen LogP contribution in [-0.4, -0.2) is 37.2 Å². The molecule has 1 aromatic rings. The monoisotopic (exact) mass is 262 g/mol. The number of likely N-dealkylation sites (N-methyl/N-ethyl adjacent to an activating group) is 1. The number of hydrogen-bond donors (Lipinski definition) is 1. The number of benzene rings is 1. The van der Waals surface area contributed by atoms with Crippen LogP contribution < -0.4 is 5.32 Å². The van der Waals surface area contributed by atoms with Crippen molar-refractivity contribution in [3.63, 3.8) is 0 Å². The summed E-state index contributed by atoms with van der Waals surface area (Å²) in [6, 6.07) is 6.61. The van der Waals surface area contributed by atoms with Gasteiger partial charge in [-0.05, 0) is 31.5 Å². The molecule has 1 fully saturated rings. The quantitative estimate of drug-likeness (QED) is 0.886. The van der Waals surface area contributed by atoms with Crippen molar-refractivity contribution in [2.75, 3.05) is 26.2 Å². The van der Waals surface area contributed by atoms with Gasteiger partial charge in [-0.15, -0.1) is 0 Å². The Morgan fingerprint density at radius 2 is 2.21 bits per heavy atom. The first kappa shape index (κ1) is 13.9. The molecule has 1 amide bonds. The van der Waals surface area contributed by atoms with E-state index in [2.05, 4.69) is 44.3 Å². The molecule has 1 aromatic carbocycles. The number of rotatable bonds is 5. The van der Waals surface area contributed by atoms with Crippen LogP contribution in [0.15, 0.2) is 18.2 Å². The van der Waals surface area contributed by atoms with Crippen molar-refractivity contribution < 1.29 is 9.53 Å². The predicted octanol–water partition coefficient (Wildman–Crippen LogP) is 2.41. The van der Waals surface area contributed by atoms with Crippen LogP contribution in [0.2, 0.25) is 0 Å². The van der Waals surface area contributed by atoms with Gasteiger partial charge in [0.1, 0.15) is 6.61 Å². The Labute approximate surface area is 114 Å². The summed E-state index contributed by atoms with van der Waals surface area (Å²) in [4.78, 5) is 13.3. The topological polar surface area (TPSA) is 41.6 Å². The van der Waals surface area contributed by atoms with Crippen LogP contribution in [0.1, 0.15) is 29.7 Å². The van der Waals surface area contributed by atoms with Crippen LogP contribution in [0.3, 0.4) is 0 Å². The van der Waals surface area contributed by atoms with E-state index in [4.69, 9.17) is 4.74 Å². The van der Waals surface area contributed by atoms with Gasteiger partial charge in [-0.25, -0.2) is 4.79 Å². The van der Waals surface area contributed by atoms with Gasteiger partial charge in [0.2, 0.25) is 0 Å². The van der Waals surface area contributed by atoms with Crippen LogP contribution in [-0.2, 0) is 4.74 Å². The number of nitrogens with one attached hydrogen (secondary N) is 1. The number of hydrogen-bond acceptors (Lipinski definition) is 3. The minimum atomic E-state index is -0.201. The lowest BCUT2D eigenvalue weighted by Crippen LogP contribution is -2.36. The first-order valence-corrected chi connectivity index (χ1v) is 6.84. The van der Waals surface area contributed by atoms with Gasteiger partial charge in [-0.1, -0.05) is 30.7 Å². The van der Waals surface area contributed by atoms with Gasteiger partial charge in [0.25, 0.3) is 0 Å². The first-order chi connectivity index (χ1) is 9.11. The minimum absolute atomic E-state index is 0.163. The molecule has 0 aromatic heterocycles. The lowest BCUT2D eigenvalue weighted by Gasteiger charge is -2.25. The van der Waals surface area contributed by atoms with Crippen molar-refractivity contribution in [2.24, 2.45) is 0 Å². The number of cyclic esters (lactones) is 1. The number of carbonyl (C=O) groups is 1. The summed E-state index contributed by atoms with van der Waals surface area (Å²) >= 11 is 0. The summed E-state index contributed by atoms with van der Waals surface area (Å²) in [5.74, 6) is 0. The molecule has 0 saturated carbocycles. The van der Waals surface area contributed by atoms with Gasteiger partial charge >= 0.3 is 6.09 Å². The molecular formula is C15H22N2O2. The van der Waals surface area contributed by atoms with E-state index in [0.717, 1.165) is 6.54 Å². The Morgan fingerprint density at radius 3 is 2.84 bits per heavy atom. The highest BCUT2D eigenvalue weighted by molar-refractivity contribution is 5.69. The van der Waals surface area contributed by atoms with Crippen molar-refractivity contribution in [3.05, 3.63) is 34.9 Å². The number of ether oxygens (including phenoxy) is 1. The van der Waals surface area contributed by atoms with Crippen LogP contribution >= 0.6 is 0 Å². The second kappa shape index (κ2) is 6.06. The van der Waals surface area contributed by atoms with E-state index in [9.17, 15) is 4.79 Å². The fourth-order valence-electron chi connectivity index (χ4n) is 2.47. The minimum Gasteiger partial charge on any atom is -0.448 e. The van der Waals surface area contributed by atoms with Crippen LogP contribution in [0.5, 0.6) is 0 Å². The van der Waals surface area contributed by atoms with Crippen molar-refractivity contribution in [1.29, 1.82) is 0 Å². The average Bonchev–Trinajstić information content (AvgIpc) is 2.78. The molecule has 4 heteroatoms. The van der Waals surface area contributed by atoms with E-state index in [1.807, 2.05) is 0 Å². The summed E-state index contributed by atoms with van der Waals surface area (Å²) in [6.45, 7) is 9.02. The molecule has 1 N–H and O–H groups in total. The fourth-order valence-corrected chi connectivity index (χ4v) is 2.47. The third kappa shape index (κ3) is 3.26. The fraction of sp³-hybridized carbons (Fsp3) is 0.533. The molecule has 0 radical (unpaired) electrons. The average molecular weight is 262 g/mol. The van der Waals surface area contributed by atoms with E-state index in [0.29, 0.717) is 19.7 Å². The second-order valence-corrected chi connectivity index (χ2v) is 5.03. The molecule has 0 aliphatic carbocycles. The maximum Gasteiger partial charge on any atom is 0.410 e. The normalized spacial score (nSPS) is 16.6. The molecule has 4 nitrogen and oxygen atoms in total. The number of carbonyl (C=O) groups excluding carboxylic acids is 1. The van der Waals surface area contributed by atoms with Crippen LogP contribution in [0.25, 0.3) is 0 Å². The number of amides is 1. The van der Waals surface area contributed by atoms with Crippen molar-refractivity contribution in [1.82, 2.24) is 10.2 Å². The van der Waals surface area contributed by atoms with E-state index in [1.54, 1.807) is 4.90 Å². The molecule has 1 saturated heterocycles. The smallest absolute Gasteiger partial charge is 0.410 e. The Bertz CT molecular complexity index is 459.